The highest BCUT2D eigenvalue weighted by Crippen LogP contribution is 2.26. The van der Waals surface area contributed by atoms with Gasteiger partial charge in [0.1, 0.15) is 24.4 Å². The summed E-state index contributed by atoms with van der Waals surface area (Å²) in [6.07, 6.45) is 82.3. The molecule has 11 heteroatoms. The van der Waals surface area contributed by atoms with Gasteiger partial charge in [0.25, 0.3) is 0 Å². The summed E-state index contributed by atoms with van der Waals surface area (Å²) in [7, 11) is 0. The maximum atomic E-state index is 13.5. The molecule has 1 aliphatic rings. The van der Waals surface area contributed by atoms with Gasteiger partial charge >= 0.3 is 5.97 Å². The molecular weight excluding hydrogens is 1130 g/mol. The number of unbranched alkanes of at least 4 members (excludes halogenated alkanes) is 31. The fraction of sp³-hybridized carbons (Fsp3) is 0.725. The van der Waals surface area contributed by atoms with Crippen molar-refractivity contribution in [1.29, 1.82) is 0 Å². The summed E-state index contributed by atoms with van der Waals surface area (Å²) in [4.78, 5) is 26.7. The van der Waals surface area contributed by atoms with Crippen LogP contribution >= 0.6 is 0 Å². The molecule has 0 radical (unpaired) electrons. The van der Waals surface area contributed by atoms with Gasteiger partial charge in [0.2, 0.25) is 5.91 Å². The summed E-state index contributed by atoms with van der Waals surface area (Å²) in [5.41, 5.74) is 0. The minimum Gasteiger partial charge on any atom is -0.454 e. The SMILES string of the molecule is CC/C=C\C/C=C\C/C=C\C/C=C\C/C=C\CCCCCCCCCCCCC(O)C(=O)NC(COC1OC(CO)C(O)C(O)C1OC(=O)CCCCCCCCCCC/C=C\C/C=C\C/C=C\C/C=C\CCCCC)C(O)/C=C/CCCCCCCCCCC. The van der Waals surface area contributed by atoms with E-state index < -0.39 is 67.4 Å². The standard InChI is InChI=1S/C80H137NO10/c1-4-7-10-13-16-19-22-24-26-28-30-32-34-36-38-39-41-43-45-47-49-52-55-58-61-64-67-73(84)79(88)81-71(72(83)66-63-60-57-54-51-21-18-15-12-9-6-3)70-89-80-78(77(87)76(86)74(69-82)90-80)91-75(85)68-65-62-59-56-53-50-48-46-44-42-40-37-35-33-31-29-27-25-23-20-17-14-11-8-5-2/h7,10,16-17,19-20,24-27,30-33,36-38,40,63,66,71-74,76-78,80,82-84,86-87H,4-6,8-9,11-15,18,21-23,28-29,34-35,39,41-62,64-65,67-70H2,1-3H3,(H,81,88)/b10-7-,19-16-,20-17-,26-24-,27-25-,32-30-,33-31-,38-36-,40-37-,66-63+. The minimum atomic E-state index is -1.62. The lowest BCUT2D eigenvalue weighted by Gasteiger charge is -2.41. The number of amides is 1. The van der Waals surface area contributed by atoms with Crippen LogP contribution in [-0.2, 0) is 23.8 Å². The molecule has 0 aromatic carbocycles. The largest absolute Gasteiger partial charge is 0.454 e. The van der Waals surface area contributed by atoms with E-state index in [-0.39, 0.29) is 19.4 Å². The summed E-state index contributed by atoms with van der Waals surface area (Å²) in [6, 6.07) is -1.04. The van der Waals surface area contributed by atoms with Gasteiger partial charge in [-0.2, -0.15) is 0 Å². The Balaban J connectivity index is 2.53. The first-order valence-corrected chi connectivity index (χ1v) is 37.3. The van der Waals surface area contributed by atoms with Crippen molar-refractivity contribution in [3.63, 3.8) is 0 Å². The summed E-state index contributed by atoms with van der Waals surface area (Å²) >= 11 is 0. The molecule has 0 aromatic rings. The van der Waals surface area contributed by atoms with E-state index in [0.717, 1.165) is 128 Å². The Labute approximate surface area is 557 Å². The third-order valence-corrected chi connectivity index (χ3v) is 16.8. The average Bonchev–Trinajstić information content (AvgIpc) is 1.02. The van der Waals surface area contributed by atoms with Crippen molar-refractivity contribution in [2.45, 2.75) is 359 Å². The second-order valence-corrected chi connectivity index (χ2v) is 25.3. The second-order valence-electron chi connectivity index (χ2n) is 25.3. The van der Waals surface area contributed by atoms with Crippen molar-refractivity contribution >= 4 is 11.9 Å². The summed E-state index contributed by atoms with van der Waals surface area (Å²) < 4.78 is 17.7. The Bertz CT molecular complexity index is 1950. The van der Waals surface area contributed by atoms with E-state index in [1.54, 1.807) is 6.08 Å². The zero-order valence-electron chi connectivity index (χ0n) is 58.2. The maximum absolute atomic E-state index is 13.5. The number of ether oxygens (including phenoxy) is 3. The minimum absolute atomic E-state index is 0.111. The number of nitrogens with one attached hydrogen (secondary N) is 1. The first kappa shape index (κ1) is 85.1. The van der Waals surface area contributed by atoms with Gasteiger partial charge in [-0.15, -0.1) is 0 Å². The smallest absolute Gasteiger partial charge is 0.306 e. The predicted octanol–water partition coefficient (Wildman–Crippen LogP) is 19.7. The van der Waals surface area contributed by atoms with Crippen LogP contribution in [0.2, 0.25) is 0 Å². The molecule has 6 N–H and O–H groups in total. The zero-order chi connectivity index (χ0) is 66.0. The highest BCUT2D eigenvalue weighted by Gasteiger charge is 2.47. The molecule has 1 rings (SSSR count). The van der Waals surface area contributed by atoms with Gasteiger partial charge in [-0.05, 0) is 116 Å². The van der Waals surface area contributed by atoms with Crippen LogP contribution in [0.25, 0.3) is 0 Å². The molecule has 522 valence electrons. The Hall–Kier alpha value is -3.94. The Morgan fingerprint density at radius 1 is 0.440 bits per heavy atom. The molecule has 0 spiro atoms. The molecule has 1 heterocycles. The first-order chi connectivity index (χ1) is 44.7. The second kappa shape index (κ2) is 66.1. The molecule has 0 saturated carbocycles. The van der Waals surface area contributed by atoms with Crippen molar-refractivity contribution in [1.82, 2.24) is 5.32 Å². The van der Waals surface area contributed by atoms with Crippen molar-refractivity contribution in [2.24, 2.45) is 0 Å². The fourth-order valence-electron chi connectivity index (χ4n) is 11.0. The van der Waals surface area contributed by atoms with Crippen LogP contribution in [0.3, 0.4) is 0 Å². The van der Waals surface area contributed by atoms with Crippen LogP contribution in [0.5, 0.6) is 0 Å². The molecular formula is C80H137NO10. The van der Waals surface area contributed by atoms with Gasteiger partial charge in [0, 0.05) is 6.42 Å². The van der Waals surface area contributed by atoms with E-state index in [1.165, 1.54) is 135 Å². The van der Waals surface area contributed by atoms with Gasteiger partial charge in [-0.3, -0.25) is 9.59 Å². The van der Waals surface area contributed by atoms with Crippen LogP contribution in [-0.4, -0.2) is 99.6 Å². The number of hydrogen-bond donors (Lipinski definition) is 6. The summed E-state index contributed by atoms with van der Waals surface area (Å²) in [5, 5.41) is 57.3. The van der Waals surface area contributed by atoms with E-state index in [4.69, 9.17) is 14.2 Å². The van der Waals surface area contributed by atoms with Crippen molar-refractivity contribution in [3.05, 3.63) is 122 Å². The predicted molar refractivity (Wildman–Crippen MR) is 384 cm³/mol. The van der Waals surface area contributed by atoms with Gasteiger partial charge < -0.3 is 45.1 Å². The van der Waals surface area contributed by atoms with Crippen molar-refractivity contribution in [2.75, 3.05) is 13.2 Å². The Morgan fingerprint density at radius 3 is 1.21 bits per heavy atom. The number of esters is 1. The van der Waals surface area contributed by atoms with E-state index in [1.807, 2.05) is 6.08 Å². The highest BCUT2D eigenvalue weighted by molar-refractivity contribution is 5.80. The van der Waals surface area contributed by atoms with Gasteiger partial charge in [0.15, 0.2) is 12.4 Å². The number of carbonyl (C=O) groups excluding carboxylic acids is 2. The van der Waals surface area contributed by atoms with Crippen LogP contribution in [0, 0.1) is 0 Å². The summed E-state index contributed by atoms with van der Waals surface area (Å²) in [5.74, 6) is -1.21. The molecule has 0 aliphatic carbocycles. The van der Waals surface area contributed by atoms with Gasteiger partial charge in [0.05, 0.1) is 25.4 Å². The van der Waals surface area contributed by atoms with E-state index in [0.29, 0.717) is 12.8 Å². The lowest BCUT2D eigenvalue weighted by Crippen LogP contribution is -2.61. The Kier molecular flexibility index (Phi) is 61.8. The number of aliphatic hydroxyl groups excluding tert-OH is 5. The first-order valence-electron chi connectivity index (χ1n) is 37.3. The number of aliphatic hydroxyl groups is 5. The van der Waals surface area contributed by atoms with Crippen LogP contribution in [0.15, 0.2) is 122 Å². The molecule has 1 aliphatic heterocycles. The lowest BCUT2D eigenvalue weighted by molar-refractivity contribution is -0.305. The molecule has 1 saturated heterocycles. The number of rotatable bonds is 63. The highest BCUT2D eigenvalue weighted by atomic mass is 16.7. The van der Waals surface area contributed by atoms with Crippen LogP contribution in [0.4, 0.5) is 0 Å². The zero-order valence-corrected chi connectivity index (χ0v) is 58.2. The number of hydrogen-bond acceptors (Lipinski definition) is 10. The number of carbonyl (C=O) groups is 2. The van der Waals surface area contributed by atoms with Gasteiger partial charge in [-0.25, -0.2) is 0 Å². The topological polar surface area (TPSA) is 175 Å². The van der Waals surface area contributed by atoms with Gasteiger partial charge in [-0.1, -0.05) is 309 Å². The van der Waals surface area contributed by atoms with Crippen molar-refractivity contribution < 1.29 is 49.3 Å². The molecule has 0 bridgehead atoms. The normalized spacial score (nSPS) is 18.7. The molecule has 0 aromatic heterocycles. The number of allylic oxidation sites excluding steroid dienone is 19. The van der Waals surface area contributed by atoms with Crippen LogP contribution < -0.4 is 5.32 Å². The molecule has 11 nitrogen and oxygen atoms in total. The average molecular weight is 1270 g/mol. The monoisotopic (exact) mass is 1270 g/mol. The maximum Gasteiger partial charge on any atom is 0.306 e. The lowest BCUT2D eigenvalue weighted by atomic mass is 9.99. The summed E-state index contributed by atoms with van der Waals surface area (Å²) in [6.45, 7) is 5.66. The Morgan fingerprint density at radius 2 is 0.791 bits per heavy atom. The quantitative estimate of drug-likeness (QED) is 0.0195. The van der Waals surface area contributed by atoms with Crippen molar-refractivity contribution in [3.8, 4) is 0 Å². The third kappa shape index (κ3) is 53.1. The molecule has 91 heavy (non-hydrogen) atoms. The molecule has 8 atom stereocenters. The van der Waals surface area contributed by atoms with E-state index in [2.05, 4.69) is 135 Å². The van der Waals surface area contributed by atoms with E-state index >= 15 is 0 Å². The fourth-order valence-corrected chi connectivity index (χ4v) is 11.0. The molecule has 1 amide bonds. The van der Waals surface area contributed by atoms with E-state index in [9.17, 15) is 35.1 Å². The molecule has 1 fully saturated rings. The van der Waals surface area contributed by atoms with Crippen LogP contribution in [0.1, 0.15) is 310 Å². The third-order valence-electron chi connectivity index (χ3n) is 16.8. The molecule has 8 unspecified atom stereocenters.